The zero-order chi connectivity index (χ0) is 20.3. The van der Waals surface area contributed by atoms with E-state index in [4.69, 9.17) is 0 Å². The molecule has 0 spiro atoms. The Morgan fingerprint density at radius 1 is 1.07 bits per heavy atom. The van der Waals surface area contributed by atoms with Crippen LogP contribution in [0.2, 0.25) is 0 Å². The highest BCUT2D eigenvalue weighted by molar-refractivity contribution is 5.95. The van der Waals surface area contributed by atoms with Gasteiger partial charge in [-0.25, -0.2) is 0 Å². The summed E-state index contributed by atoms with van der Waals surface area (Å²) < 4.78 is 0. The lowest BCUT2D eigenvalue weighted by atomic mass is 10.0. The molecular weight excluding hydrogens is 354 g/mol. The number of aryl methyl sites for hydroxylation is 1. The fourth-order valence-electron chi connectivity index (χ4n) is 3.50. The molecule has 28 heavy (non-hydrogen) atoms. The molecule has 2 aromatic rings. The minimum absolute atomic E-state index is 0.00525. The average Bonchev–Trinajstić information content (AvgIpc) is 2.68. The number of piperazine rings is 1. The second-order valence-electron chi connectivity index (χ2n) is 7.72. The maximum Gasteiger partial charge on any atom is 0.273 e. The molecule has 1 amide bonds. The van der Waals surface area contributed by atoms with Gasteiger partial charge in [-0.1, -0.05) is 44.2 Å². The molecule has 1 fully saturated rings. The van der Waals surface area contributed by atoms with Gasteiger partial charge in [0.25, 0.3) is 11.6 Å². The summed E-state index contributed by atoms with van der Waals surface area (Å²) in [5.41, 5.74) is 3.56. The first-order valence-electron chi connectivity index (χ1n) is 9.70. The van der Waals surface area contributed by atoms with Crippen molar-refractivity contribution in [1.82, 2.24) is 9.80 Å². The summed E-state index contributed by atoms with van der Waals surface area (Å²) in [4.78, 5) is 27.5. The zero-order valence-corrected chi connectivity index (χ0v) is 16.7. The molecule has 0 N–H and O–H groups in total. The molecule has 1 aliphatic rings. The molecule has 3 rings (SSSR count). The lowest BCUT2D eigenvalue weighted by Crippen LogP contribution is -2.48. The number of hydrogen-bond acceptors (Lipinski definition) is 4. The van der Waals surface area contributed by atoms with Crippen LogP contribution in [-0.4, -0.2) is 46.8 Å². The van der Waals surface area contributed by atoms with Crippen molar-refractivity contribution < 1.29 is 9.72 Å². The van der Waals surface area contributed by atoms with Crippen LogP contribution in [0.5, 0.6) is 0 Å². The predicted molar refractivity (Wildman–Crippen MR) is 110 cm³/mol. The van der Waals surface area contributed by atoms with Crippen molar-refractivity contribution in [2.45, 2.75) is 33.2 Å². The number of carbonyl (C=O) groups excluding carboxylic acids is 1. The lowest BCUT2D eigenvalue weighted by molar-refractivity contribution is -0.385. The van der Waals surface area contributed by atoms with Gasteiger partial charge in [-0.3, -0.25) is 19.8 Å². The second kappa shape index (κ2) is 8.52. The van der Waals surface area contributed by atoms with E-state index < -0.39 is 4.92 Å². The number of benzene rings is 2. The minimum Gasteiger partial charge on any atom is -0.336 e. The van der Waals surface area contributed by atoms with Crippen LogP contribution < -0.4 is 0 Å². The normalized spacial score (nSPS) is 15.1. The van der Waals surface area contributed by atoms with Crippen molar-refractivity contribution in [2.24, 2.45) is 0 Å². The first-order chi connectivity index (χ1) is 13.3. The molecule has 0 aliphatic carbocycles. The van der Waals surface area contributed by atoms with E-state index in [-0.39, 0.29) is 11.6 Å². The summed E-state index contributed by atoms with van der Waals surface area (Å²) >= 11 is 0. The van der Waals surface area contributed by atoms with Gasteiger partial charge in [0.1, 0.15) is 0 Å². The Morgan fingerprint density at radius 3 is 2.29 bits per heavy atom. The van der Waals surface area contributed by atoms with Crippen LogP contribution in [-0.2, 0) is 6.54 Å². The number of amides is 1. The average molecular weight is 381 g/mol. The molecular formula is C22H27N3O3. The molecule has 0 unspecified atom stereocenters. The van der Waals surface area contributed by atoms with Crippen LogP contribution in [0, 0.1) is 17.0 Å². The number of carbonyl (C=O) groups is 1. The van der Waals surface area contributed by atoms with Crippen LogP contribution in [0.1, 0.15) is 46.8 Å². The largest absolute Gasteiger partial charge is 0.336 e. The van der Waals surface area contributed by atoms with Crippen molar-refractivity contribution in [2.75, 3.05) is 26.2 Å². The van der Waals surface area contributed by atoms with Crippen molar-refractivity contribution in [3.8, 4) is 0 Å². The topological polar surface area (TPSA) is 66.7 Å². The van der Waals surface area contributed by atoms with E-state index >= 15 is 0 Å². The van der Waals surface area contributed by atoms with E-state index in [0.29, 0.717) is 30.1 Å². The molecule has 1 saturated heterocycles. The van der Waals surface area contributed by atoms with Crippen LogP contribution in [0.3, 0.4) is 0 Å². The molecule has 6 nitrogen and oxygen atoms in total. The molecule has 2 aromatic carbocycles. The summed E-state index contributed by atoms with van der Waals surface area (Å²) in [6.45, 7) is 9.78. The predicted octanol–water partition coefficient (Wildman–Crippen LogP) is 3.98. The highest BCUT2D eigenvalue weighted by atomic mass is 16.6. The Labute approximate surface area is 165 Å². The van der Waals surface area contributed by atoms with Crippen LogP contribution in [0.25, 0.3) is 0 Å². The molecule has 1 heterocycles. The Kier molecular flexibility index (Phi) is 6.09. The van der Waals surface area contributed by atoms with E-state index in [1.807, 2.05) is 0 Å². The molecule has 0 aromatic heterocycles. The van der Waals surface area contributed by atoms with Gasteiger partial charge in [-0.15, -0.1) is 0 Å². The number of hydrogen-bond donors (Lipinski definition) is 0. The van der Waals surface area contributed by atoms with E-state index in [0.717, 1.165) is 19.6 Å². The molecule has 6 heteroatoms. The Hall–Kier alpha value is -2.73. The fourth-order valence-corrected chi connectivity index (χ4v) is 3.50. The van der Waals surface area contributed by atoms with Gasteiger partial charge in [-0.2, -0.15) is 0 Å². The third-order valence-corrected chi connectivity index (χ3v) is 5.36. The molecule has 0 bridgehead atoms. The lowest BCUT2D eigenvalue weighted by Gasteiger charge is -2.34. The van der Waals surface area contributed by atoms with Gasteiger partial charge in [0, 0.05) is 49.9 Å². The molecule has 1 aliphatic heterocycles. The highest BCUT2D eigenvalue weighted by Gasteiger charge is 2.24. The Bertz CT molecular complexity index is 854. The van der Waals surface area contributed by atoms with E-state index in [1.165, 1.54) is 17.2 Å². The van der Waals surface area contributed by atoms with Gasteiger partial charge in [0.05, 0.1) is 4.92 Å². The monoisotopic (exact) mass is 381 g/mol. The number of nitrogens with zero attached hydrogens (tertiary/aromatic N) is 3. The zero-order valence-electron chi connectivity index (χ0n) is 16.7. The standard InChI is InChI=1S/C22H27N3O3/c1-16(2)19-8-5-18(6-9-19)15-23-10-12-24(13-11-23)22(26)20-7-4-17(3)21(14-20)25(27)28/h4-9,14,16H,10-13,15H2,1-3H3. The van der Waals surface area contributed by atoms with Crippen LogP contribution in [0.4, 0.5) is 5.69 Å². The van der Waals surface area contributed by atoms with Gasteiger partial charge in [-0.05, 0) is 30.0 Å². The van der Waals surface area contributed by atoms with Crippen LogP contribution >= 0.6 is 0 Å². The van der Waals surface area contributed by atoms with E-state index in [1.54, 1.807) is 24.0 Å². The Morgan fingerprint density at radius 2 is 1.71 bits per heavy atom. The van der Waals surface area contributed by atoms with Gasteiger partial charge < -0.3 is 4.90 Å². The number of nitro groups is 1. The summed E-state index contributed by atoms with van der Waals surface area (Å²) in [6.07, 6.45) is 0. The fraction of sp³-hybridized carbons (Fsp3) is 0.409. The van der Waals surface area contributed by atoms with E-state index in [2.05, 4.69) is 43.0 Å². The SMILES string of the molecule is Cc1ccc(C(=O)N2CCN(Cc3ccc(C(C)C)cc3)CC2)cc1[N+](=O)[O-]. The summed E-state index contributed by atoms with van der Waals surface area (Å²) in [5.74, 6) is 0.394. The van der Waals surface area contributed by atoms with Crippen molar-refractivity contribution in [3.05, 3.63) is 74.8 Å². The van der Waals surface area contributed by atoms with Crippen molar-refractivity contribution in [3.63, 3.8) is 0 Å². The summed E-state index contributed by atoms with van der Waals surface area (Å²) in [6, 6.07) is 13.4. The third kappa shape index (κ3) is 4.57. The van der Waals surface area contributed by atoms with Gasteiger partial charge >= 0.3 is 0 Å². The van der Waals surface area contributed by atoms with Gasteiger partial charge in [0.2, 0.25) is 0 Å². The van der Waals surface area contributed by atoms with E-state index in [9.17, 15) is 14.9 Å². The van der Waals surface area contributed by atoms with Crippen molar-refractivity contribution in [1.29, 1.82) is 0 Å². The first-order valence-corrected chi connectivity index (χ1v) is 9.70. The summed E-state index contributed by atoms with van der Waals surface area (Å²) in [5, 5.41) is 11.1. The molecule has 0 saturated carbocycles. The second-order valence-corrected chi connectivity index (χ2v) is 7.72. The molecule has 0 radical (unpaired) electrons. The number of nitro benzene ring substituents is 1. The molecule has 0 atom stereocenters. The maximum absolute atomic E-state index is 12.7. The first kappa shape index (κ1) is 20.0. The minimum atomic E-state index is -0.436. The quantitative estimate of drug-likeness (QED) is 0.580. The maximum atomic E-state index is 12.7. The third-order valence-electron chi connectivity index (χ3n) is 5.36. The summed E-state index contributed by atoms with van der Waals surface area (Å²) in [7, 11) is 0. The van der Waals surface area contributed by atoms with Crippen molar-refractivity contribution >= 4 is 11.6 Å². The number of rotatable bonds is 5. The smallest absolute Gasteiger partial charge is 0.273 e. The highest BCUT2D eigenvalue weighted by Crippen LogP contribution is 2.21. The Balaban J connectivity index is 1.58. The van der Waals surface area contributed by atoms with Crippen LogP contribution in [0.15, 0.2) is 42.5 Å². The van der Waals surface area contributed by atoms with Gasteiger partial charge in [0.15, 0.2) is 0 Å². The molecule has 148 valence electrons.